The van der Waals surface area contributed by atoms with Gasteiger partial charge in [-0.3, -0.25) is 9.69 Å². The van der Waals surface area contributed by atoms with Gasteiger partial charge in [0.2, 0.25) is 0 Å². The number of fused-ring (bicyclic) bond motifs is 1. The fourth-order valence-corrected chi connectivity index (χ4v) is 5.30. The number of rotatable bonds is 8. The van der Waals surface area contributed by atoms with Crippen molar-refractivity contribution in [1.29, 1.82) is 0 Å². The minimum atomic E-state index is -0.166. The van der Waals surface area contributed by atoms with Gasteiger partial charge in [-0.15, -0.1) is 0 Å². The van der Waals surface area contributed by atoms with Crippen LogP contribution in [0.1, 0.15) is 23.6 Å². The Morgan fingerprint density at radius 1 is 0.949 bits per heavy atom. The van der Waals surface area contributed by atoms with E-state index in [9.17, 15) is 4.79 Å². The predicted molar refractivity (Wildman–Crippen MR) is 164 cm³/mol. The fourth-order valence-electron chi connectivity index (χ4n) is 4.65. The third-order valence-electron chi connectivity index (χ3n) is 6.91. The largest absolute Gasteiger partial charge is 0.494 e. The molecule has 2 heterocycles. The van der Waals surface area contributed by atoms with Crippen molar-refractivity contribution in [3.05, 3.63) is 93.7 Å². The maximum atomic E-state index is 13.6. The molecule has 3 aromatic carbocycles. The molecule has 0 saturated carbocycles. The van der Waals surface area contributed by atoms with Gasteiger partial charge in [-0.2, -0.15) is 0 Å². The molecule has 0 atom stereocenters. The second-order valence-corrected chi connectivity index (χ2v) is 10.8. The second kappa shape index (κ2) is 11.2. The Kier molecular flexibility index (Phi) is 7.77. The maximum Gasteiger partial charge on any atom is 0.281 e. The molecule has 4 aromatic rings. The molecule has 0 bridgehead atoms. The molecule has 0 spiro atoms. The predicted octanol–water partition coefficient (Wildman–Crippen LogP) is 7.10. The summed E-state index contributed by atoms with van der Waals surface area (Å²) in [5.74, 6) is 1.45. The summed E-state index contributed by atoms with van der Waals surface area (Å²) in [6.07, 6.45) is 3.98. The zero-order valence-corrected chi connectivity index (χ0v) is 24.8. The van der Waals surface area contributed by atoms with Crippen LogP contribution in [0.15, 0.2) is 77.0 Å². The highest BCUT2D eigenvalue weighted by Gasteiger charge is 2.37. The lowest BCUT2D eigenvalue weighted by Crippen LogP contribution is -2.31. The Balaban J connectivity index is 1.43. The zero-order valence-electron chi connectivity index (χ0n) is 22.4. The number of aryl methyl sites for hydroxylation is 2. The van der Waals surface area contributed by atoms with Crippen molar-refractivity contribution in [3.63, 3.8) is 0 Å². The van der Waals surface area contributed by atoms with E-state index in [0.717, 1.165) is 32.4 Å². The number of aromatic nitrogens is 1. The minimum Gasteiger partial charge on any atom is -0.494 e. The summed E-state index contributed by atoms with van der Waals surface area (Å²) < 4.78 is 14.7. The molecule has 0 N–H and O–H groups in total. The van der Waals surface area contributed by atoms with E-state index in [-0.39, 0.29) is 5.91 Å². The summed E-state index contributed by atoms with van der Waals surface area (Å²) in [6, 6.07) is 19.7. The Morgan fingerprint density at radius 3 is 2.41 bits per heavy atom. The van der Waals surface area contributed by atoms with E-state index in [0.29, 0.717) is 36.3 Å². The molecule has 0 radical (unpaired) electrons. The van der Waals surface area contributed by atoms with Gasteiger partial charge in [-0.25, -0.2) is 0 Å². The number of benzene rings is 3. The van der Waals surface area contributed by atoms with Gasteiger partial charge in [-0.1, -0.05) is 22.0 Å². The van der Waals surface area contributed by atoms with Crippen molar-refractivity contribution in [2.45, 2.75) is 27.3 Å². The van der Waals surface area contributed by atoms with E-state index >= 15 is 0 Å². The van der Waals surface area contributed by atoms with Crippen LogP contribution in [-0.4, -0.2) is 40.7 Å². The average molecular weight is 605 g/mol. The number of ether oxygens (including phenoxy) is 2. The van der Waals surface area contributed by atoms with Crippen molar-refractivity contribution < 1.29 is 14.3 Å². The topological polar surface area (TPSA) is 46.9 Å². The molecule has 1 fully saturated rings. The molecule has 1 aromatic heterocycles. The first-order chi connectivity index (χ1) is 18.8. The van der Waals surface area contributed by atoms with Crippen molar-refractivity contribution in [1.82, 2.24) is 9.47 Å². The van der Waals surface area contributed by atoms with Crippen molar-refractivity contribution in [3.8, 4) is 11.5 Å². The first-order valence-corrected chi connectivity index (χ1v) is 14.0. The number of carbonyl (C=O) groups is 1. The molecule has 39 heavy (non-hydrogen) atoms. The summed E-state index contributed by atoms with van der Waals surface area (Å²) in [6.45, 7) is 7.88. The van der Waals surface area contributed by atoms with E-state index in [1.54, 1.807) is 9.80 Å². The SMILES string of the molecule is CCOc1ccc(N2C(=O)/C(=C/c3cn(CCOc4ccc(C)c(C)c4)c4ccc(Br)cc34)N(C)C2=S)cc1. The van der Waals surface area contributed by atoms with Gasteiger partial charge >= 0.3 is 0 Å². The van der Waals surface area contributed by atoms with Gasteiger partial charge < -0.3 is 18.9 Å². The fraction of sp³-hybridized carbons (Fsp3) is 0.226. The Labute approximate surface area is 242 Å². The molecule has 1 aliphatic rings. The normalized spacial score (nSPS) is 14.6. The molecule has 5 rings (SSSR count). The van der Waals surface area contributed by atoms with Crippen LogP contribution in [0.25, 0.3) is 17.0 Å². The molecule has 0 unspecified atom stereocenters. The number of hydrogen-bond acceptors (Lipinski definition) is 4. The van der Waals surface area contributed by atoms with Crippen molar-refractivity contribution in [2.75, 3.05) is 25.2 Å². The average Bonchev–Trinajstić information content (AvgIpc) is 3.35. The molecule has 8 heteroatoms. The molecule has 1 aliphatic heterocycles. The van der Waals surface area contributed by atoms with Crippen LogP contribution in [0.4, 0.5) is 5.69 Å². The molecule has 200 valence electrons. The van der Waals surface area contributed by atoms with Crippen LogP contribution in [0.5, 0.6) is 11.5 Å². The zero-order chi connectivity index (χ0) is 27.7. The van der Waals surface area contributed by atoms with Gasteiger partial charge in [0.25, 0.3) is 5.91 Å². The van der Waals surface area contributed by atoms with E-state index < -0.39 is 0 Å². The third-order valence-corrected chi connectivity index (χ3v) is 7.86. The maximum absolute atomic E-state index is 13.6. The lowest BCUT2D eigenvalue weighted by Gasteiger charge is -2.16. The van der Waals surface area contributed by atoms with E-state index in [1.165, 1.54) is 11.1 Å². The highest BCUT2D eigenvalue weighted by Crippen LogP contribution is 2.32. The number of anilines is 1. The van der Waals surface area contributed by atoms with Crippen molar-refractivity contribution in [2.24, 2.45) is 0 Å². The van der Waals surface area contributed by atoms with Gasteiger partial charge in [0.1, 0.15) is 23.8 Å². The standard InChI is InChI=1S/C31H30BrN3O3S/c1-5-37-25-11-8-24(9-12-25)35-30(36)29(33(4)31(35)39)17-22-19-34(28-13-7-23(32)18-27(22)28)14-15-38-26-10-6-20(2)21(3)16-26/h6-13,16-19H,5,14-15H2,1-4H3/b29-17-. The van der Waals surface area contributed by atoms with Gasteiger partial charge in [0.05, 0.1) is 18.8 Å². The second-order valence-electron chi connectivity index (χ2n) is 9.47. The van der Waals surface area contributed by atoms with Gasteiger partial charge in [0, 0.05) is 34.2 Å². The van der Waals surface area contributed by atoms with E-state index in [2.05, 4.69) is 64.8 Å². The molecule has 0 aliphatic carbocycles. The van der Waals surface area contributed by atoms with Crippen LogP contribution in [-0.2, 0) is 11.3 Å². The van der Waals surface area contributed by atoms with Gasteiger partial charge in [-0.05, 0) is 105 Å². The summed E-state index contributed by atoms with van der Waals surface area (Å²) >= 11 is 9.28. The molecular weight excluding hydrogens is 574 g/mol. The third kappa shape index (κ3) is 5.44. The summed E-state index contributed by atoms with van der Waals surface area (Å²) in [5.41, 5.74) is 5.67. The molecule has 6 nitrogen and oxygen atoms in total. The Hall–Kier alpha value is -3.62. The van der Waals surface area contributed by atoms with E-state index in [1.807, 2.05) is 56.4 Å². The monoisotopic (exact) mass is 603 g/mol. The number of nitrogens with zero attached hydrogens (tertiary/aromatic N) is 3. The minimum absolute atomic E-state index is 0.166. The molecule has 1 amide bonds. The highest BCUT2D eigenvalue weighted by atomic mass is 79.9. The first-order valence-electron chi connectivity index (χ1n) is 12.8. The molecule has 1 saturated heterocycles. The number of carbonyl (C=O) groups excluding carboxylic acids is 1. The number of hydrogen-bond donors (Lipinski definition) is 0. The summed E-state index contributed by atoms with van der Waals surface area (Å²) in [5, 5.41) is 1.47. The number of halogens is 1. The summed E-state index contributed by atoms with van der Waals surface area (Å²) in [4.78, 5) is 16.9. The first kappa shape index (κ1) is 27.0. The number of likely N-dealkylation sites (N-methyl/N-ethyl adjacent to an activating group) is 1. The van der Waals surface area contributed by atoms with Crippen LogP contribution in [0.2, 0.25) is 0 Å². The number of amides is 1. The van der Waals surface area contributed by atoms with Crippen molar-refractivity contribution >= 4 is 61.8 Å². The Morgan fingerprint density at radius 2 is 1.69 bits per heavy atom. The van der Waals surface area contributed by atoms with Crippen LogP contribution in [0.3, 0.4) is 0 Å². The lowest BCUT2D eigenvalue weighted by molar-refractivity contribution is -0.114. The highest BCUT2D eigenvalue weighted by molar-refractivity contribution is 9.10. The quantitative estimate of drug-likeness (QED) is 0.159. The number of thiocarbonyl (C=S) groups is 1. The lowest BCUT2D eigenvalue weighted by atomic mass is 10.1. The van der Waals surface area contributed by atoms with Crippen LogP contribution >= 0.6 is 28.1 Å². The molecular formula is C31H30BrN3O3S. The Bertz CT molecular complexity index is 1590. The van der Waals surface area contributed by atoms with E-state index in [4.69, 9.17) is 21.7 Å². The summed E-state index contributed by atoms with van der Waals surface area (Å²) in [7, 11) is 1.83. The van der Waals surface area contributed by atoms with Crippen LogP contribution in [0, 0.1) is 13.8 Å². The van der Waals surface area contributed by atoms with Gasteiger partial charge in [0.15, 0.2) is 5.11 Å². The van der Waals surface area contributed by atoms with Crippen LogP contribution < -0.4 is 14.4 Å². The smallest absolute Gasteiger partial charge is 0.281 e.